The third-order valence-corrected chi connectivity index (χ3v) is 3.34. The first-order valence-electron chi connectivity index (χ1n) is 6.56. The highest BCUT2D eigenvalue weighted by Crippen LogP contribution is 2.16. The van der Waals surface area contributed by atoms with Crippen molar-refractivity contribution in [3.8, 4) is 0 Å². The molecule has 0 aliphatic carbocycles. The van der Waals surface area contributed by atoms with Gasteiger partial charge in [-0.25, -0.2) is 14.8 Å². The van der Waals surface area contributed by atoms with E-state index in [-0.39, 0.29) is 6.09 Å². The largest absolute Gasteiger partial charge is 0.445 e. The fourth-order valence-electron chi connectivity index (χ4n) is 2.22. The van der Waals surface area contributed by atoms with E-state index in [1.165, 1.54) is 6.33 Å². The molecule has 0 radical (unpaired) electrons. The minimum atomic E-state index is -0.293. The normalized spacial score (nSPS) is 13.7. The van der Waals surface area contributed by atoms with E-state index in [9.17, 15) is 4.79 Å². The molecule has 0 spiro atoms. The minimum Gasteiger partial charge on any atom is -0.445 e. The van der Waals surface area contributed by atoms with Crippen molar-refractivity contribution in [1.82, 2.24) is 14.9 Å². The van der Waals surface area contributed by atoms with Gasteiger partial charge in [-0.3, -0.25) is 0 Å². The van der Waals surface area contributed by atoms with Crippen molar-refractivity contribution >= 4 is 6.09 Å². The lowest BCUT2D eigenvalue weighted by atomic mass is 10.1. The van der Waals surface area contributed by atoms with Crippen molar-refractivity contribution in [3.05, 3.63) is 59.7 Å². The Morgan fingerprint density at radius 3 is 3.00 bits per heavy atom. The molecule has 5 nitrogen and oxygen atoms in total. The summed E-state index contributed by atoms with van der Waals surface area (Å²) >= 11 is 0. The van der Waals surface area contributed by atoms with E-state index in [1.54, 1.807) is 4.90 Å². The van der Waals surface area contributed by atoms with Gasteiger partial charge in [0.05, 0.1) is 12.2 Å². The van der Waals surface area contributed by atoms with Crippen molar-refractivity contribution in [3.63, 3.8) is 0 Å². The van der Waals surface area contributed by atoms with Crippen LogP contribution in [-0.2, 0) is 24.3 Å². The maximum Gasteiger partial charge on any atom is 0.410 e. The molecule has 102 valence electrons. The Bertz CT molecular complexity index is 601. The van der Waals surface area contributed by atoms with Crippen LogP contribution in [0.15, 0.2) is 42.9 Å². The lowest BCUT2D eigenvalue weighted by molar-refractivity contribution is 0.0912. The number of ether oxygens (including phenoxy) is 1. The highest BCUT2D eigenvalue weighted by atomic mass is 16.6. The van der Waals surface area contributed by atoms with Crippen LogP contribution in [0.1, 0.15) is 16.8 Å². The van der Waals surface area contributed by atoms with E-state index >= 15 is 0 Å². The Morgan fingerprint density at radius 1 is 1.30 bits per heavy atom. The Balaban J connectivity index is 1.59. The molecule has 0 N–H and O–H groups in total. The topological polar surface area (TPSA) is 55.3 Å². The lowest BCUT2D eigenvalue weighted by Crippen LogP contribution is -2.36. The molecular formula is C15H15N3O2. The van der Waals surface area contributed by atoms with Crippen LogP contribution in [0.2, 0.25) is 0 Å². The van der Waals surface area contributed by atoms with Gasteiger partial charge in [0.25, 0.3) is 0 Å². The van der Waals surface area contributed by atoms with Gasteiger partial charge in [-0.15, -0.1) is 0 Å². The molecule has 1 aliphatic heterocycles. The fraction of sp³-hybridized carbons (Fsp3) is 0.267. The standard InChI is InChI=1S/C15H15N3O2/c19-15(20-10-12-4-2-1-3-5-12)18-7-6-13-8-16-11-17-14(13)9-18/h1-5,8,11H,6-7,9-10H2. The predicted octanol–water partition coefficient (Wildman–Crippen LogP) is 2.17. The van der Waals surface area contributed by atoms with Gasteiger partial charge in [-0.2, -0.15) is 0 Å². The van der Waals surface area contributed by atoms with Crippen LogP contribution in [0.3, 0.4) is 0 Å². The average Bonchev–Trinajstić information content (AvgIpc) is 2.53. The molecule has 0 bridgehead atoms. The third kappa shape index (κ3) is 2.77. The second kappa shape index (κ2) is 5.69. The van der Waals surface area contributed by atoms with E-state index in [0.29, 0.717) is 19.7 Å². The van der Waals surface area contributed by atoms with E-state index < -0.39 is 0 Å². The lowest BCUT2D eigenvalue weighted by Gasteiger charge is -2.26. The number of hydrogen-bond acceptors (Lipinski definition) is 4. The molecular weight excluding hydrogens is 254 g/mol. The number of nitrogens with zero attached hydrogens (tertiary/aromatic N) is 3. The molecule has 0 unspecified atom stereocenters. The SMILES string of the molecule is O=C(OCc1ccccc1)N1CCc2cncnc2C1. The van der Waals surface area contributed by atoms with E-state index in [0.717, 1.165) is 23.2 Å². The first kappa shape index (κ1) is 12.6. The summed E-state index contributed by atoms with van der Waals surface area (Å²) in [6, 6.07) is 9.67. The van der Waals surface area contributed by atoms with Gasteiger partial charge in [0.2, 0.25) is 0 Å². The second-order valence-corrected chi connectivity index (χ2v) is 4.71. The highest BCUT2D eigenvalue weighted by Gasteiger charge is 2.22. The Hall–Kier alpha value is -2.43. The highest BCUT2D eigenvalue weighted by molar-refractivity contribution is 5.68. The first-order valence-corrected chi connectivity index (χ1v) is 6.56. The number of hydrogen-bond donors (Lipinski definition) is 0. The molecule has 1 aliphatic rings. The number of aromatic nitrogens is 2. The number of carbonyl (C=O) groups excluding carboxylic acids is 1. The summed E-state index contributed by atoms with van der Waals surface area (Å²) in [6.45, 7) is 1.44. The summed E-state index contributed by atoms with van der Waals surface area (Å²) in [5.41, 5.74) is 3.00. The molecule has 0 saturated carbocycles. The van der Waals surface area contributed by atoms with Gasteiger partial charge in [-0.1, -0.05) is 30.3 Å². The zero-order valence-electron chi connectivity index (χ0n) is 11.0. The third-order valence-electron chi connectivity index (χ3n) is 3.34. The van der Waals surface area contributed by atoms with Crippen LogP contribution in [-0.4, -0.2) is 27.5 Å². The van der Waals surface area contributed by atoms with Crippen LogP contribution in [0, 0.1) is 0 Å². The molecule has 2 aromatic rings. The summed E-state index contributed by atoms with van der Waals surface area (Å²) in [7, 11) is 0. The van der Waals surface area contributed by atoms with Gasteiger partial charge < -0.3 is 9.64 Å². The van der Waals surface area contributed by atoms with Gasteiger partial charge in [0, 0.05) is 12.7 Å². The van der Waals surface area contributed by atoms with E-state index in [1.807, 2.05) is 36.5 Å². The Kier molecular flexibility index (Phi) is 3.58. The molecule has 0 saturated heterocycles. The predicted molar refractivity (Wildman–Crippen MR) is 72.8 cm³/mol. The van der Waals surface area contributed by atoms with Crippen LogP contribution in [0.25, 0.3) is 0 Å². The Morgan fingerprint density at radius 2 is 2.15 bits per heavy atom. The number of carbonyl (C=O) groups is 1. The zero-order valence-corrected chi connectivity index (χ0v) is 11.0. The van der Waals surface area contributed by atoms with Gasteiger partial charge in [-0.05, 0) is 17.5 Å². The van der Waals surface area contributed by atoms with Crippen LogP contribution in [0.4, 0.5) is 4.79 Å². The van der Waals surface area contributed by atoms with Crippen molar-refractivity contribution < 1.29 is 9.53 Å². The summed E-state index contributed by atoms with van der Waals surface area (Å²) < 4.78 is 5.33. The minimum absolute atomic E-state index is 0.293. The van der Waals surface area contributed by atoms with Crippen LogP contribution in [0.5, 0.6) is 0 Å². The van der Waals surface area contributed by atoms with E-state index in [2.05, 4.69) is 9.97 Å². The molecule has 2 heterocycles. The number of amides is 1. The number of fused-ring (bicyclic) bond motifs is 1. The Labute approximate surface area is 117 Å². The first-order chi connectivity index (χ1) is 9.83. The van der Waals surface area contributed by atoms with E-state index in [4.69, 9.17) is 4.74 Å². The molecule has 20 heavy (non-hydrogen) atoms. The molecule has 5 heteroatoms. The zero-order chi connectivity index (χ0) is 13.8. The summed E-state index contributed by atoms with van der Waals surface area (Å²) in [5.74, 6) is 0. The van der Waals surface area contributed by atoms with Crippen molar-refractivity contribution in [2.24, 2.45) is 0 Å². The molecule has 0 fully saturated rings. The maximum absolute atomic E-state index is 12.0. The maximum atomic E-state index is 12.0. The van der Waals surface area contributed by atoms with Crippen molar-refractivity contribution in [2.75, 3.05) is 6.54 Å². The monoisotopic (exact) mass is 269 g/mol. The number of benzene rings is 1. The van der Waals surface area contributed by atoms with Crippen LogP contribution >= 0.6 is 0 Å². The molecule has 1 amide bonds. The quantitative estimate of drug-likeness (QED) is 0.838. The summed E-state index contributed by atoms with van der Waals surface area (Å²) in [5, 5.41) is 0. The van der Waals surface area contributed by atoms with Crippen molar-refractivity contribution in [1.29, 1.82) is 0 Å². The average molecular weight is 269 g/mol. The second-order valence-electron chi connectivity index (χ2n) is 4.71. The van der Waals surface area contributed by atoms with Gasteiger partial charge >= 0.3 is 6.09 Å². The molecule has 1 aromatic carbocycles. The molecule has 1 aromatic heterocycles. The van der Waals surface area contributed by atoms with Crippen molar-refractivity contribution in [2.45, 2.75) is 19.6 Å². The smallest absolute Gasteiger partial charge is 0.410 e. The van der Waals surface area contributed by atoms with Crippen LogP contribution < -0.4 is 0 Å². The van der Waals surface area contributed by atoms with Gasteiger partial charge in [0.1, 0.15) is 12.9 Å². The molecule has 3 rings (SSSR count). The molecule has 0 atom stereocenters. The summed E-state index contributed by atoms with van der Waals surface area (Å²) in [6.07, 6.45) is 3.81. The summed E-state index contributed by atoms with van der Waals surface area (Å²) in [4.78, 5) is 21.9. The fourth-order valence-corrected chi connectivity index (χ4v) is 2.22. The number of rotatable bonds is 2. The van der Waals surface area contributed by atoms with Gasteiger partial charge in [0.15, 0.2) is 0 Å².